The van der Waals surface area contributed by atoms with E-state index in [1.807, 2.05) is 55.3 Å². The molecule has 1 N–H and O–H groups in total. The molecule has 7 nitrogen and oxygen atoms in total. The molecule has 3 aromatic rings. The third kappa shape index (κ3) is 4.60. The largest absolute Gasteiger partial charge is 0.494 e. The molecule has 0 aliphatic carbocycles. The zero-order chi connectivity index (χ0) is 20.1. The van der Waals surface area contributed by atoms with Crippen LogP contribution >= 0.6 is 0 Å². The summed E-state index contributed by atoms with van der Waals surface area (Å²) in [5.41, 5.74) is 2.84. The topological polar surface area (TPSA) is 80.5 Å². The summed E-state index contributed by atoms with van der Waals surface area (Å²) in [6.07, 6.45) is 6.35. The molecule has 0 radical (unpaired) electrons. The van der Waals surface area contributed by atoms with Crippen molar-refractivity contribution in [1.29, 1.82) is 0 Å². The molecule has 1 aromatic carbocycles. The van der Waals surface area contributed by atoms with Gasteiger partial charge in [0.2, 0.25) is 5.95 Å². The van der Waals surface area contributed by atoms with Gasteiger partial charge in [-0.05, 0) is 49.6 Å². The second-order valence-corrected chi connectivity index (χ2v) is 6.86. The molecule has 7 heteroatoms. The monoisotopic (exact) mass is 382 g/mol. The van der Waals surface area contributed by atoms with Crippen molar-refractivity contribution >= 4 is 22.8 Å². The maximum Gasteiger partial charge on any atom is 0.307 e. The Morgan fingerprint density at radius 2 is 2.04 bits per heavy atom. The maximum absolute atomic E-state index is 11.1. The normalized spacial score (nSPS) is 11.0. The minimum atomic E-state index is -0.836. The van der Waals surface area contributed by atoms with Crippen molar-refractivity contribution in [2.24, 2.45) is 7.05 Å². The number of nitrogens with zero attached hydrogens (tertiary/aromatic N) is 4. The molecule has 0 aliphatic rings. The lowest BCUT2D eigenvalue weighted by molar-refractivity contribution is -0.136. The molecule has 28 heavy (non-hydrogen) atoms. The van der Waals surface area contributed by atoms with Crippen LogP contribution in [0, 0.1) is 6.92 Å². The Morgan fingerprint density at radius 3 is 2.71 bits per heavy atom. The molecule has 148 valence electrons. The number of aromatic nitrogens is 3. The number of carboxylic acid groups (broad SMARTS) is 1. The molecule has 3 rings (SSSR count). The van der Waals surface area contributed by atoms with E-state index in [4.69, 9.17) is 9.84 Å². The molecule has 0 unspecified atom stereocenters. The van der Waals surface area contributed by atoms with Crippen molar-refractivity contribution in [3.8, 4) is 5.75 Å². The third-order valence-electron chi connectivity index (χ3n) is 4.66. The van der Waals surface area contributed by atoms with Gasteiger partial charge in [0, 0.05) is 49.6 Å². The van der Waals surface area contributed by atoms with E-state index < -0.39 is 5.97 Å². The molecule has 0 aliphatic heterocycles. The van der Waals surface area contributed by atoms with E-state index in [0.717, 1.165) is 53.2 Å². The zero-order valence-corrected chi connectivity index (χ0v) is 16.6. The van der Waals surface area contributed by atoms with Crippen LogP contribution in [-0.4, -0.2) is 45.3 Å². The lowest BCUT2D eigenvalue weighted by Crippen LogP contribution is -2.27. The molecule has 0 spiro atoms. The summed E-state index contributed by atoms with van der Waals surface area (Å²) in [5, 5.41) is 10.0. The van der Waals surface area contributed by atoms with Gasteiger partial charge in [-0.1, -0.05) is 0 Å². The van der Waals surface area contributed by atoms with Crippen molar-refractivity contribution in [2.75, 3.05) is 24.6 Å². The van der Waals surface area contributed by atoms with Crippen molar-refractivity contribution in [2.45, 2.75) is 26.7 Å². The number of rotatable bonds is 9. The van der Waals surface area contributed by atoms with Gasteiger partial charge >= 0.3 is 5.97 Å². The predicted octanol–water partition coefficient (Wildman–Crippen LogP) is 3.20. The number of aliphatic carboxylic acids is 1. The highest BCUT2D eigenvalue weighted by atomic mass is 16.5. The first-order valence-corrected chi connectivity index (χ1v) is 9.44. The Kier molecular flexibility index (Phi) is 6.13. The summed E-state index contributed by atoms with van der Waals surface area (Å²) in [6, 6.07) is 5.82. The molecular formula is C21H26N4O3. The van der Waals surface area contributed by atoms with E-state index in [2.05, 4.69) is 21.8 Å². The van der Waals surface area contributed by atoms with E-state index in [0.29, 0.717) is 6.61 Å². The van der Waals surface area contributed by atoms with Gasteiger partial charge in [-0.3, -0.25) is 4.79 Å². The van der Waals surface area contributed by atoms with Gasteiger partial charge < -0.3 is 19.3 Å². The van der Waals surface area contributed by atoms with Crippen LogP contribution in [0.15, 0.2) is 36.8 Å². The van der Waals surface area contributed by atoms with Gasteiger partial charge in [0.15, 0.2) is 0 Å². The molecule has 0 saturated carbocycles. The molecule has 0 amide bonds. The van der Waals surface area contributed by atoms with Crippen LogP contribution in [0.3, 0.4) is 0 Å². The Labute approximate surface area is 164 Å². The molecular weight excluding hydrogens is 356 g/mol. The van der Waals surface area contributed by atoms with E-state index >= 15 is 0 Å². The number of anilines is 1. The Hall–Kier alpha value is -3.09. The standard InChI is InChI=1S/C21H26N4O3/c1-4-25(21-22-12-15(2)13-23-21)8-5-9-28-17-6-7-19-18(11-17)16(10-20(26)27)14-24(19)3/h6-7,11-14H,4-5,8-10H2,1-3H3,(H,26,27). The summed E-state index contributed by atoms with van der Waals surface area (Å²) in [6.45, 7) is 6.25. The third-order valence-corrected chi connectivity index (χ3v) is 4.66. The summed E-state index contributed by atoms with van der Waals surface area (Å²) < 4.78 is 7.85. The Morgan fingerprint density at radius 1 is 1.29 bits per heavy atom. The molecule has 0 fully saturated rings. The van der Waals surface area contributed by atoms with Gasteiger partial charge in [0.1, 0.15) is 5.75 Å². The van der Waals surface area contributed by atoms with Crippen LogP contribution in [0.1, 0.15) is 24.5 Å². The average molecular weight is 382 g/mol. The van der Waals surface area contributed by atoms with Gasteiger partial charge in [-0.2, -0.15) is 0 Å². The minimum Gasteiger partial charge on any atom is -0.494 e. The summed E-state index contributed by atoms with van der Waals surface area (Å²) >= 11 is 0. The number of benzene rings is 1. The van der Waals surface area contributed by atoms with E-state index in [1.54, 1.807) is 0 Å². The smallest absolute Gasteiger partial charge is 0.307 e. The average Bonchev–Trinajstić information content (AvgIpc) is 2.97. The van der Waals surface area contributed by atoms with Crippen LogP contribution in [-0.2, 0) is 18.3 Å². The fourth-order valence-corrected chi connectivity index (χ4v) is 3.24. The number of fused-ring (bicyclic) bond motifs is 1. The van der Waals surface area contributed by atoms with Gasteiger partial charge in [-0.25, -0.2) is 9.97 Å². The van der Waals surface area contributed by atoms with Crippen molar-refractivity contribution in [3.63, 3.8) is 0 Å². The van der Waals surface area contributed by atoms with Crippen LogP contribution in [0.4, 0.5) is 5.95 Å². The molecule has 0 bridgehead atoms. The fourth-order valence-electron chi connectivity index (χ4n) is 3.24. The highest BCUT2D eigenvalue weighted by Crippen LogP contribution is 2.26. The quantitative estimate of drug-likeness (QED) is 0.573. The minimum absolute atomic E-state index is 0.00278. The SMILES string of the molecule is CCN(CCCOc1ccc2c(c1)c(CC(=O)O)cn2C)c1ncc(C)cn1. The van der Waals surface area contributed by atoms with Gasteiger partial charge in [0.05, 0.1) is 13.0 Å². The van der Waals surface area contributed by atoms with Crippen LogP contribution in [0.5, 0.6) is 5.75 Å². The number of carbonyl (C=O) groups is 1. The second-order valence-electron chi connectivity index (χ2n) is 6.86. The van der Waals surface area contributed by atoms with Crippen LogP contribution in [0.2, 0.25) is 0 Å². The van der Waals surface area contributed by atoms with E-state index in [-0.39, 0.29) is 6.42 Å². The first-order chi connectivity index (χ1) is 13.5. The number of hydrogen-bond acceptors (Lipinski definition) is 5. The number of aryl methyl sites for hydroxylation is 2. The van der Waals surface area contributed by atoms with Gasteiger partial charge in [-0.15, -0.1) is 0 Å². The number of ether oxygens (including phenoxy) is 1. The van der Waals surface area contributed by atoms with Crippen LogP contribution in [0.25, 0.3) is 10.9 Å². The van der Waals surface area contributed by atoms with Gasteiger partial charge in [0.25, 0.3) is 0 Å². The maximum atomic E-state index is 11.1. The van der Waals surface area contributed by atoms with Crippen LogP contribution < -0.4 is 9.64 Å². The lowest BCUT2D eigenvalue weighted by atomic mass is 10.1. The molecule has 2 aromatic heterocycles. The first kappa shape index (κ1) is 19.7. The van der Waals surface area contributed by atoms with E-state index in [1.165, 1.54) is 0 Å². The van der Waals surface area contributed by atoms with Crippen molar-refractivity contribution in [1.82, 2.24) is 14.5 Å². The van der Waals surface area contributed by atoms with Crippen molar-refractivity contribution in [3.05, 3.63) is 47.9 Å². The molecule has 0 atom stereocenters. The molecule has 2 heterocycles. The lowest BCUT2D eigenvalue weighted by Gasteiger charge is -2.20. The number of carboxylic acids is 1. The van der Waals surface area contributed by atoms with E-state index in [9.17, 15) is 4.79 Å². The zero-order valence-electron chi connectivity index (χ0n) is 16.6. The van der Waals surface area contributed by atoms with Crippen molar-refractivity contribution < 1.29 is 14.6 Å². The Bertz CT molecular complexity index is 950. The Balaban J connectivity index is 1.60. The summed E-state index contributed by atoms with van der Waals surface area (Å²) in [7, 11) is 1.92. The molecule has 0 saturated heterocycles. The predicted molar refractivity (Wildman–Crippen MR) is 109 cm³/mol. The summed E-state index contributed by atoms with van der Waals surface area (Å²) in [4.78, 5) is 22.0. The fraction of sp³-hybridized carbons (Fsp3) is 0.381. The number of hydrogen-bond donors (Lipinski definition) is 1. The first-order valence-electron chi connectivity index (χ1n) is 9.44. The second kappa shape index (κ2) is 8.73. The summed E-state index contributed by atoms with van der Waals surface area (Å²) in [5.74, 6) is 0.647. The highest BCUT2D eigenvalue weighted by molar-refractivity contribution is 5.88. The highest BCUT2D eigenvalue weighted by Gasteiger charge is 2.11.